The van der Waals surface area contributed by atoms with Crippen molar-refractivity contribution in [2.75, 3.05) is 0 Å². The molecule has 1 aliphatic heterocycles. The molecule has 0 atom stereocenters. The first-order valence-corrected chi connectivity index (χ1v) is 13.6. The second kappa shape index (κ2) is 9.54. The van der Waals surface area contributed by atoms with E-state index >= 15 is 0 Å². The highest BCUT2D eigenvalue weighted by molar-refractivity contribution is 6.04. The molecule has 1 aromatic heterocycles. The molecule has 2 heterocycles. The lowest BCUT2D eigenvalue weighted by atomic mass is 9.93. The van der Waals surface area contributed by atoms with Crippen LogP contribution < -0.4 is 4.74 Å². The van der Waals surface area contributed by atoms with Crippen LogP contribution in [0.3, 0.4) is 0 Å². The Morgan fingerprint density at radius 1 is 0.366 bits per heavy atom. The Labute approximate surface area is 237 Å². The summed E-state index contributed by atoms with van der Waals surface area (Å²) in [5, 5.41) is 2.28. The minimum absolute atomic E-state index is 0.616. The van der Waals surface area contributed by atoms with Gasteiger partial charge in [-0.1, -0.05) is 115 Å². The number of ether oxygens (including phenoxy) is 1. The summed E-state index contributed by atoms with van der Waals surface area (Å²) in [5.41, 5.74) is 7.17. The van der Waals surface area contributed by atoms with Crippen molar-refractivity contribution in [3.63, 3.8) is 0 Å². The third-order valence-corrected chi connectivity index (χ3v) is 7.53. The fourth-order valence-electron chi connectivity index (χ4n) is 5.59. The molecule has 0 aliphatic carbocycles. The van der Waals surface area contributed by atoms with E-state index in [9.17, 15) is 0 Å². The zero-order chi connectivity index (χ0) is 27.2. The van der Waals surface area contributed by atoms with Crippen LogP contribution in [0.25, 0.3) is 67.2 Å². The predicted octanol–water partition coefficient (Wildman–Crippen LogP) is 9.47. The van der Waals surface area contributed by atoms with Gasteiger partial charge in [0.25, 0.3) is 0 Å². The second-order valence-electron chi connectivity index (χ2n) is 10.1. The monoisotopic (exact) mass is 525 g/mol. The first-order valence-electron chi connectivity index (χ1n) is 13.6. The summed E-state index contributed by atoms with van der Waals surface area (Å²) in [6, 6.07) is 47.4. The molecule has 6 aromatic carbocycles. The molecule has 0 spiro atoms. The Bertz CT molecular complexity index is 2070. The average Bonchev–Trinajstić information content (AvgIpc) is 3.05. The number of fused-ring (bicyclic) bond motifs is 2. The lowest BCUT2D eigenvalue weighted by molar-refractivity contribution is 0.487. The van der Waals surface area contributed by atoms with Crippen molar-refractivity contribution in [2.45, 2.75) is 0 Å². The van der Waals surface area contributed by atoms with Gasteiger partial charge < -0.3 is 4.74 Å². The maximum Gasteiger partial charge on any atom is 0.164 e. The molecule has 0 fully saturated rings. The molecule has 4 heteroatoms. The second-order valence-corrected chi connectivity index (χ2v) is 10.1. The normalized spacial score (nSPS) is 11.6. The Balaban J connectivity index is 1.33. The SMILES string of the molecule is c1ccc(-c2nc(-c3ccc4c(c3)-c3cccc5cccc(c35)O4)nc(-c3ccccc3-c3ccccc3)n2)cc1. The molecule has 0 radical (unpaired) electrons. The van der Waals surface area contributed by atoms with Gasteiger partial charge in [-0.05, 0) is 46.3 Å². The molecule has 0 N–H and O–H groups in total. The molecule has 0 saturated carbocycles. The molecule has 0 bridgehead atoms. The van der Waals surface area contributed by atoms with E-state index in [2.05, 4.69) is 54.6 Å². The molecule has 192 valence electrons. The van der Waals surface area contributed by atoms with Gasteiger partial charge in [-0.3, -0.25) is 0 Å². The van der Waals surface area contributed by atoms with Crippen LogP contribution in [-0.2, 0) is 0 Å². The molecular formula is C37H23N3O. The smallest absolute Gasteiger partial charge is 0.164 e. The van der Waals surface area contributed by atoms with Crippen LogP contribution >= 0.6 is 0 Å². The molecule has 8 rings (SSSR count). The van der Waals surface area contributed by atoms with Gasteiger partial charge in [-0.25, -0.2) is 15.0 Å². The molecule has 0 amide bonds. The van der Waals surface area contributed by atoms with E-state index in [4.69, 9.17) is 19.7 Å². The summed E-state index contributed by atoms with van der Waals surface area (Å²) < 4.78 is 6.34. The van der Waals surface area contributed by atoms with E-state index in [1.54, 1.807) is 0 Å². The van der Waals surface area contributed by atoms with E-state index in [-0.39, 0.29) is 0 Å². The van der Waals surface area contributed by atoms with Crippen molar-refractivity contribution in [3.8, 4) is 67.9 Å². The van der Waals surface area contributed by atoms with Crippen molar-refractivity contribution < 1.29 is 4.74 Å². The van der Waals surface area contributed by atoms with Gasteiger partial charge in [-0.2, -0.15) is 0 Å². The molecule has 7 aromatic rings. The number of nitrogens with zero attached hydrogens (tertiary/aromatic N) is 3. The van der Waals surface area contributed by atoms with Crippen molar-refractivity contribution in [1.29, 1.82) is 0 Å². The molecule has 0 unspecified atom stereocenters. The highest BCUT2D eigenvalue weighted by Gasteiger charge is 2.22. The van der Waals surface area contributed by atoms with Crippen LogP contribution in [0.4, 0.5) is 0 Å². The molecule has 4 nitrogen and oxygen atoms in total. The predicted molar refractivity (Wildman–Crippen MR) is 165 cm³/mol. The standard InChI is InChI=1S/C37H23N3O/c1-3-11-24(12-4-1)28-17-7-8-18-30(28)37-39-35(26-13-5-2-6-14-26)38-36(40-37)27-21-22-32-31(23-27)29-19-9-15-25-16-10-20-33(41-32)34(25)29/h1-23H. The Kier molecular flexibility index (Phi) is 5.42. The van der Waals surface area contributed by atoms with Crippen molar-refractivity contribution in [1.82, 2.24) is 15.0 Å². The maximum atomic E-state index is 6.34. The molecule has 1 aliphatic rings. The van der Waals surface area contributed by atoms with Crippen LogP contribution in [0.1, 0.15) is 0 Å². The van der Waals surface area contributed by atoms with Crippen LogP contribution in [-0.4, -0.2) is 15.0 Å². The van der Waals surface area contributed by atoms with E-state index in [0.717, 1.165) is 61.2 Å². The molecular weight excluding hydrogens is 502 g/mol. The highest BCUT2D eigenvalue weighted by Crippen LogP contribution is 2.47. The summed E-state index contributed by atoms with van der Waals surface area (Å²) in [4.78, 5) is 15.0. The molecule has 0 saturated heterocycles. The zero-order valence-corrected chi connectivity index (χ0v) is 22.0. The lowest BCUT2D eigenvalue weighted by Gasteiger charge is -2.21. The van der Waals surface area contributed by atoms with Gasteiger partial charge in [0, 0.05) is 27.6 Å². The number of hydrogen-bond donors (Lipinski definition) is 0. The largest absolute Gasteiger partial charge is 0.456 e. The Morgan fingerprint density at radius 2 is 0.976 bits per heavy atom. The van der Waals surface area contributed by atoms with Crippen LogP contribution in [0.5, 0.6) is 11.5 Å². The fraction of sp³-hybridized carbons (Fsp3) is 0. The third-order valence-electron chi connectivity index (χ3n) is 7.53. The minimum atomic E-state index is 0.616. The third kappa shape index (κ3) is 4.05. The van der Waals surface area contributed by atoms with Gasteiger partial charge >= 0.3 is 0 Å². The lowest BCUT2D eigenvalue weighted by Crippen LogP contribution is -2.02. The van der Waals surface area contributed by atoms with Gasteiger partial charge in [-0.15, -0.1) is 0 Å². The van der Waals surface area contributed by atoms with E-state index in [0.29, 0.717) is 17.5 Å². The first kappa shape index (κ1) is 23.3. The van der Waals surface area contributed by atoms with E-state index < -0.39 is 0 Å². The fourth-order valence-corrected chi connectivity index (χ4v) is 5.59. The molecule has 41 heavy (non-hydrogen) atoms. The van der Waals surface area contributed by atoms with Crippen LogP contribution in [0.15, 0.2) is 140 Å². The Morgan fingerprint density at radius 3 is 1.76 bits per heavy atom. The van der Waals surface area contributed by atoms with Crippen molar-refractivity contribution >= 4 is 10.8 Å². The average molecular weight is 526 g/mol. The summed E-state index contributed by atoms with van der Waals surface area (Å²) in [6.07, 6.45) is 0. The minimum Gasteiger partial charge on any atom is -0.456 e. The van der Waals surface area contributed by atoms with Gasteiger partial charge in [0.05, 0.1) is 0 Å². The quantitative estimate of drug-likeness (QED) is 0.230. The highest BCUT2D eigenvalue weighted by atomic mass is 16.5. The summed E-state index contributed by atoms with van der Waals surface area (Å²) in [5.74, 6) is 3.59. The zero-order valence-electron chi connectivity index (χ0n) is 22.0. The first-order chi connectivity index (χ1) is 20.3. The Hall–Kier alpha value is -5.61. The van der Waals surface area contributed by atoms with Gasteiger partial charge in [0.2, 0.25) is 0 Å². The summed E-state index contributed by atoms with van der Waals surface area (Å²) >= 11 is 0. The van der Waals surface area contributed by atoms with Gasteiger partial charge in [0.15, 0.2) is 17.5 Å². The van der Waals surface area contributed by atoms with Crippen LogP contribution in [0, 0.1) is 0 Å². The maximum absolute atomic E-state index is 6.34. The van der Waals surface area contributed by atoms with E-state index in [1.807, 2.05) is 84.9 Å². The number of aromatic nitrogens is 3. The summed E-state index contributed by atoms with van der Waals surface area (Å²) in [6.45, 7) is 0. The van der Waals surface area contributed by atoms with Crippen molar-refractivity contribution in [2.24, 2.45) is 0 Å². The number of benzene rings is 6. The van der Waals surface area contributed by atoms with Gasteiger partial charge in [0.1, 0.15) is 11.5 Å². The van der Waals surface area contributed by atoms with E-state index in [1.165, 1.54) is 0 Å². The van der Waals surface area contributed by atoms with Crippen LogP contribution in [0.2, 0.25) is 0 Å². The number of rotatable bonds is 4. The topological polar surface area (TPSA) is 47.9 Å². The summed E-state index contributed by atoms with van der Waals surface area (Å²) in [7, 11) is 0. The van der Waals surface area contributed by atoms with Crippen molar-refractivity contribution in [3.05, 3.63) is 140 Å². The number of hydrogen-bond acceptors (Lipinski definition) is 4.